The van der Waals surface area contributed by atoms with E-state index < -0.39 is 9.84 Å². The Hall–Kier alpha value is -0.0900. The van der Waals surface area contributed by atoms with Gasteiger partial charge in [0.2, 0.25) is 0 Å². The lowest BCUT2D eigenvalue weighted by molar-refractivity contribution is 0.495. The number of hydrogen-bond acceptors (Lipinski definition) is 3. The van der Waals surface area contributed by atoms with Gasteiger partial charge >= 0.3 is 0 Å². The molecule has 3 nitrogen and oxygen atoms in total. The van der Waals surface area contributed by atoms with Crippen molar-refractivity contribution >= 4 is 9.84 Å². The van der Waals surface area contributed by atoms with Gasteiger partial charge in [-0.1, -0.05) is 6.92 Å². The van der Waals surface area contributed by atoms with Crippen LogP contribution in [0, 0.1) is 5.92 Å². The summed E-state index contributed by atoms with van der Waals surface area (Å²) >= 11 is 0. The largest absolute Gasteiger partial charge is 0.317 e. The van der Waals surface area contributed by atoms with Crippen LogP contribution in [-0.4, -0.2) is 33.0 Å². The van der Waals surface area contributed by atoms with Crippen LogP contribution in [0.2, 0.25) is 0 Å². The minimum absolute atomic E-state index is 0.380. The summed E-state index contributed by atoms with van der Waals surface area (Å²) in [6.45, 7) is 3.81. The van der Waals surface area contributed by atoms with E-state index in [9.17, 15) is 8.42 Å². The monoisotopic (exact) mass is 163 g/mol. The first-order valence-electron chi connectivity index (χ1n) is 3.55. The Kier molecular flexibility index (Phi) is 2.31. The zero-order chi connectivity index (χ0) is 7.61. The van der Waals surface area contributed by atoms with Crippen molar-refractivity contribution in [3.63, 3.8) is 0 Å². The summed E-state index contributed by atoms with van der Waals surface area (Å²) in [6, 6.07) is 0. The summed E-state index contributed by atoms with van der Waals surface area (Å²) in [4.78, 5) is 0. The molecule has 0 saturated carbocycles. The molecule has 1 aliphatic heterocycles. The molecule has 0 radical (unpaired) electrons. The van der Waals surface area contributed by atoms with Crippen molar-refractivity contribution < 1.29 is 8.42 Å². The lowest BCUT2D eigenvalue weighted by atomic mass is 10.2. The summed E-state index contributed by atoms with van der Waals surface area (Å²) < 4.78 is 21.3. The Labute approximate surface area is 61.7 Å². The molecule has 0 spiro atoms. The Morgan fingerprint density at radius 2 is 2.10 bits per heavy atom. The van der Waals surface area contributed by atoms with Gasteiger partial charge in [0.1, 0.15) is 0 Å². The first-order chi connectivity index (χ1) is 4.64. The van der Waals surface area contributed by atoms with E-state index in [1.54, 1.807) is 0 Å². The van der Waals surface area contributed by atoms with Crippen LogP contribution in [0.25, 0.3) is 0 Å². The average molecular weight is 163 g/mol. The molecule has 1 rings (SSSR count). The molecule has 1 fully saturated rings. The molecule has 0 aromatic rings. The van der Waals surface area contributed by atoms with Crippen molar-refractivity contribution in [2.45, 2.75) is 6.92 Å². The summed E-state index contributed by atoms with van der Waals surface area (Å²) in [7, 11) is -2.60. The molecule has 1 heterocycles. The van der Waals surface area contributed by atoms with Crippen LogP contribution < -0.4 is 5.32 Å². The topological polar surface area (TPSA) is 46.2 Å². The van der Waals surface area contributed by atoms with Gasteiger partial charge in [0.05, 0.1) is 11.5 Å². The second-order valence-corrected chi connectivity index (χ2v) is 4.90. The van der Waals surface area contributed by atoms with Gasteiger partial charge in [-0.15, -0.1) is 0 Å². The number of hydrogen-bond donors (Lipinski definition) is 1. The number of nitrogens with one attached hydrogen (secondary N) is 1. The summed E-state index contributed by atoms with van der Waals surface area (Å²) in [6.07, 6.45) is 0. The Balaban J connectivity index is 2.15. The van der Waals surface area contributed by atoms with E-state index in [1.165, 1.54) is 0 Å². The van der Waals surface area contributed by atoms with Crippen LogP contribution in [0.1, 0.15) is 6.92 Å². The summed E-state index contributed by atoms with van der Waals surface area (Å²) in [5.74, 6) is 1.16. The molecule has 1 aliphatic rings. The maximum absolute atomic E-state index is 10.6. The third-order valence-corrected chi connectivity index (χ3v) is 3.62. The molecule has 0 aromatic carbocycles. The SMILES string of the molecule is CCNCC1CS(=O)(=O)C1. The normalized spacial score (nSPS) is 24.1. The van der Waals surface area contributed by atoms with Gasteiger partial charge in [-0.05, 0) is 19.0 Å². The van der Waals surface area contributed by atoms with Crippen molar-refractivity contribution in [3.05, 3.63) is 0 Å². The van der Waals surface area contributed by atoms with Crippen LogP contribution in [0.4, 0.5) is 0 Å². The van der Waals surface area contributed by atoms with E-state index in [2.05, 4.69) is 5.32 Å². The van der Waals surface area contributed by atoms with E-state index in [-0.39, 0.29) is 0 Å². The minimum Gasteiger partial charge on any atom is -0.317 e. The van der Waals surface area contributed by atoms with Gasteiger partial charge in [0.15, 0.2) is 9.84 Å². The molecule has 1 N–H and O–H groups in total. The van der Waals surface area contributed by atoms with E-state index in [0.29, 0.717) is 17.4 Å². The standard InChI is InChI=1S/C6H13NO2S/c1-2-7-3-6-4-10(8,9)5-6/h6-7H,2-5H2,1H3. The molecule has 0 aliphatic carbocycles. The van der Waals surface area contributed by atoms with E-state index >= 15 is 0 Å². The molecule has 4 heteroatoms. The van der Waals surface area contributed by atoms with Gasteiger partial charge in [-0.2, -0.15) is 0 Å². The van der Waals surface area contributed by atoms with Crippen molar-refractivity contribution in [1.82, 2.24) is 5.32 Å². The van der Waals surface area contributed by atoms with Crippen LogP contribution in [0.3, 0.4) is 0 Å². The van der Waals surface area contributed by atoms with Crippen molar-refractivity contribution in [2.24, 2.45) is 5.92 Å². The zero-order valence-corrected chi connectivity index (χ0v) is 6.95. The fraction of sp³-hybridized carbons (Fsp3) is 1.00. The predicted molar refractivity (Wildman–Crippen MR) is 40.7 cm³/mol. The molecule has 0 aromatic heterocycles. The Morgan fingerprint density at radius 1 is 1.50 bits per heavy atom. The second kappa shape index (κ2) is 2.88. The quantitative estimate of drug-likeness (QED) is 0.618. The smallest absolute Gasteiger partial charge is 0.151 e. The second-order valence-electron chi connectivity index (χ2n) is 2.75. The fourth-order valence-corrected chi connectivity index (χ4v) is 2.71. The minimum atomic E-state index is -2.60. The third kappa shape index (κ3) is 1.95. The van der Waals surface area contributed by atoms with Crippen LogP contribution in [0.15, 0.2) is 0 Å². The molecule has 10 heavy (non-hydrogen) atoms. The highest BCUT2D eigenvalue weighted by molar-refractivity contribution is 7.92. The van der Waals surface area contributed by atoms with Crippen molar-refractivity contribution in [2.75, 3.05) is 24.6 Å². The maximum Gasteiger partial charge on any atom is 0.151 e. The molecule has 1 saturated heterocycles. The summed E-state index contributed by atoms with van der Waals surface area (Å²) in [5.41, 5.74) is 0. The highest BCUT2D eigenvalue weighted by Gasteiger charge is 2.32. The Morgan fingerprint density at radius 3 is 2.50 bits per heavy atom. The zero-order valence-electron chi connectivity index (χ0n) is 6.13. The van der Waals surface area contributed by atoms with E-state index in [0.717, 1.165) is 13.1 Å². The number of sulfone groups is 1. The van der Waals surface area contributed by atoms with Gasteiger partial charge in [0, 0.05) is 0 Å². The average Bonchev–Trinajstić information content (AvgIpc) is 1.78. The fourth-order valence-electron chi connectivity index (χ4n) is 1.14. The van der Waals surface area contributed by atoms with E-state index in [1.807, 2.05) is 6.92 Å². The van der Waals surface area contributed by atoms with Crippen molar-refractivity contribution in [1.29, 1.82) is 0 Å². The van der Waals surface area contributed by atoms with Gasteiger partial charge in [-0.3, -0.25) is 0 Å². The van der Waals surface area contributed by atoms with Gasteiger partial charge in [0.25, 0.3) is 0 Å². The van der Waals surface area contributed by atoms with Crippen molar-refractivity contribution in [3.8, 4) is 0 Å². The Bertz CT molecular complexity index is 186. The molecular weight excluding hydrogens is 150 g/mol. The number of rotatable bonds is 3. The highest BCUT2D eigenvalue weighted by atomic mass is 32.2. The molecule has 60 valence electrons. The summed E-state index contributed by atoms with van der Waals surface area (Å²) in [5, 5.41) is 3.12. The first-order valence-corrected chi connectivity index (χ1v) is 5.37. The molecule has 0 bridgehead atoms. The lowest BCUT2D eigenvalue weighted by Gasteiger charge is -2.25. The highest BCUT2D eigenvalue weighted by Crippen LogP contribution is 2.16. The third-order valence-electron chi connectivity index (χ3n) is 1.66. The van der Waals surface area contributed by atoms with Crippen LogP contribution in [0.5, 0.6) is 0 Å². The predicted octanol–water partition coefficient (Wildman–Crippen LogP) is -0.359. The van der Waals surface area contributed by atoms with Crippen LogP contribution in [-0.2, 0) is 9.84 Å². The molecule has 0 amide bonds. The first kappa shape index (κ1) is 8.01. The van der Waals surface area contributed by atoms with Gasteiger partial charge < -0.3 is 5.32 Å². The molecule has 0 atom stereocenters. The molecule has 0 unspecified atom stereocenters. The molecular formula is C6H13NO2S. The maximum atomic E-state index is 10.6. The lowest BCUT2D eigenvalue weighted by Crippen LogP contribution is -2.42. The van der Waals surface area contributed by atoms with Crippen LogP contribution >= 0.6 is 0 Å². The van der Waals surface area contributed by atoms with Gasteiger partial charge in [-0.25, -0.2) is 8.42 Å². The van der Waals surface area contributed by atoms with E-state index in [4.69, 9.17) is 0 Å².